The molecule has 42 heavy (non-hydrogen) atoms. The highest BCUT2D eigenvalue weighted by Gasteiger charge is 2.33. The van der Waals surface area contributed by atoms with Gasteiger partial charge in [0, 0.05) is 12.6 Å². The van der Waals surface area contributed by atoms with Crippen molar-refractivity contribution in [3.8, 4) is 5.75 Å². The van der Waals surface area contributed by atoms with E-state index in [9.17, 15) is 18.0 Å². The second-order valence-electron chi connectivity index (χ2n) is 10.7. The summed E-state index contributed by atoms with van der Waals surface area (Å²) in [5, 5.41) is 3.10. The molecule has 1 fully saturated rings. The van der Waals surface area contributed by atoms with Crippen LogP contribution in [0, 0.1) is 6.92 Å². The minimum Gasteiger partial charge on any atom is -0.494 e. The van der Waals surface area contributed by atoms with Crippen molar-refractivity contribution in [1.82, 2.24) is 10.2 Å². The smallest absolute Gasteiger partial charge is 0.264 e. The number of anilines is 1. The van der Waals surface area contributed by atoms with E-state index in [0.717, 1.165) is 41.1 Å². The van der Waals surface area contributed by atoms with Crippen molar-refractivity contribution in [2.45, 2.75) is 69.9 Å². The zero-order chi connectivity index (χ0) is 30.1. The third kappa shape index (κ3) is 7.91. The van der Waals surface area contributed by atoms with Gasteiger partial charge < -0.3 is 15.0 Å². The number of rotatable bonds is 13. The van der Waals surface area contributed by atoms with Gasteiger partial charge in [0.2, 0.25) is 11.8 Å². The first-order chi connectivity index (χ1) is 20.2. The number of carbonyl (C=O) groups is 2. The van der Waals surface area contributed by atoms with Crippen LogP contribution in [-0.2, 0) is 26.0 Å². The minimum atomic E-state index is -4.13. The van der Waals surface area contributed by atoms with E-state index in [0.29, 0.717) is 24.5 Å². The SMILES string of the molecule is CCOc1ccc(S(=O)(=O)N(CC(=O)N(CCc2ccccc2)[C@@H](C)C(=O)NC2CCCC2)c2ccc(C)cc2)cc1. The van der Waals surface area contributed by atoms with E-state index in [-0.39, 0.29) is 23.4 Å². The van der Waals surface area contributed by atoms with Crippen LogP contribution in [0.25, 0.3) is 0 Å². The molecule has 0 aromatic heterocycles. The Balaban J connectivity index is 1.63. The van der Waals surface area contributed by atoms with Crippen LogP contribution in [0.5, 0.6) is 5.75 Å². The van der Waals surface area contributed by atoms with Gasteiger partial charge in [0.15, 0.2) is 0 Å². The lowest BCUT2D eigenvalue weighted by molar-refractivity contribution is -0.139. The lowest BCUT2D eigenvalue weighted by Gasteiger charge is -2.32. The monoisotopic (exact) mass is 591 g/mol. The highest BCUT2D eigenvalue weighted by atomic mass is 32.2. The fraction of sp³-hybridized carbons (Fsp3) is 0.394. The molecule has 224 valence electrons. The van der Waals surface area contributed by atoms with Crippen LogP contribution < -0.4 is 14.4 Å². The Labute approximate surface area is 249 Å². The molecule has 0 aliphatic heterocycles. The van der Waals surface area contributed by atoms with Gasteiger partial charge in [0.25, 0.3) is 10.0 Å². The molecule has 0 spiro atoms. The number of benzene rings is 3. The quantitative estimate of drug-likeness (QED) is 0.298. The lowest BCUT2D eigenvalue weighted by Crippen LogP contribution is -2.53. The van der Waals surface area contributed by atoms with E-state index >= 15 is 0 Å². The van der Waals surface area contributed by atoms with Gasteiger partial charge in [-0.15, -0.1) is 0 Å². The number of aryl methyl sites for hydroxylation is 1. The van der Waals surface area contributed by atoms with Crippen molar-refractivity contribution in [3.05, 3.63) is 90.0 Å². The number of hydrogen-bond acceptors (Lipinski definition) is 5. The molecule has 1 atom stereocenters. The maximum Gasteiger partial charge on any atom is 0.264 e. The van der Waals surface area contributed by atoms with Crippen LogP contribution in [-0.4, -0.2) is 56.9 Å². The number of carbonyl (C=O) groups excluding carboxylic acids is 2. The number of amides is 2. The van der Waals surface area contributed by atoms with Crippen LogP contribution in [0.3, 0.4) is 0 Å². The van der Waals surface area contributed by atoms with Gasteiger partial charge in [-0.2, -0.15) is 0 Å². The van der Waals surface area contributed by atoms with E-state index in [4.69, 9.17) is 4.74 Å². The van der Waals surface area contributed by atoms with Crippen molar-refractivity contribution in [2.24, 2.45) is 0 Å². The zero-order valence-corrected chi connectivity index (χ0v) is 25.5. The predicted molar refractivity (Wildman–Crippen MR) is 165 cm³/mol. The first-order valence-corrected chi connectivity index (χ1v) is 16.1. The highest BCUT2D eigenvalue weighted by Crippen LogP contribution is 2.26. The maximum atomic E-state index is 14.0. The van der Waals surface area contributed by atoms with Crippen LogP contribution in [0.1, 0.15) is 50.7 Å². The van der Waals surface area contributed by atoms with Crippen molar-refractivity contribution in [1.29, 1.82) is 0 Å². The van der Waals surface area contributed by atoms with E-state index in [1.165, 1.54) is 17.0 Å². The summed E-state index contributed by atoms with van der Waals surface area (Å²) in [5.74, 6) is -0.113. The Morgan fingerprint density at radius 3 is 2.21 bits per heavy atom. The highest BCUT2D eigenvalue weighted by molar-refractivity contribution is 7.92. The van der Waals surface area contributed by atoms with Gasteiger partial charge in [-0.25, -0.2) is 8.42 Å². The van der Waals surface area contributed by atoms with Gasteiger partial charge in [-0.3, -0.25) is 13.9 Å². The Kier molecular flexibility index (Phi) is 10.6. The number of ether oxygens (including phenoxy) is 1. The molecule has 0 saturated heterocycles. The molecule has 1 N–H and O–H groups in total. The number of hydrogen-bond donors (Lipinski definition) is 1. The van der Waals surface area contributed by atoms with Crippen LogP contribution in [0.2, 0.25) is 0 Å². The Morgan fingerprint density at radius 2 is 1.60 bits per heavy atom. The first-order valence-electron chi connectivity index (χ1n) is 14.6. The summed E-state index contributed by atoms with van der Waals surface area (Å²) in [6.45, 7) is 5.76. The van der Waals surface area contributed by atoms with Crippen LogP contribution in [0.4, 0.5) is 5.69 Å². The molecule has 1 aliphatic carbocycles. The number of nitrogens with one attached hydrogen (secondary N) is 1. The van der Waals surface area contributed by atoms with Crippen molar-refractivity contribution in [3.63, 3.8) is 0 Å². The van der Waals surface area contributed by atoms with E-state index in [1.54, 1.807) is 31.2 Å². The van der Waals surface area contributed by atoms with E-state index in [2.05, 4.69) is 5.32 Å². The molecular formula is C33H41N3O5S. The molecule has 1 aliphatic rings. The lowest BCUT2D eigenvalue weighted by atomic mass is 10.1. The molecule has 3 aromatic carbocycles. The third-order valence-electron chi connectivity index (χ3n) is 7.68. The van der Waals surface area contributed by atoms with Crippen LogP contribution >= 0.6 is 0 Å². The molecule has 1 saturated carbocycles. The number of nitrogens with zero attached hydrogens (tertiary/aromatic N) is 2. The summed E-state index contributed by atoms with van der Waals surface area (Å²) < 4.78 is 34.6. The fourth-order valence-corrected chi connectivity index (χ4v) is 6.62. The fourth-order valence-electron chi connectivity index (χ4n) is 5.20. The first kappa shape index (κ1) is 31.1. The maximum absolute atomic E-state index is 14.0. The second-order valence-corrected chi connectivity index (χ2v) is 12.6. The standard InChI is InChI=1S/C33H41N3O5S/c1-4-41-30-18-20-31(21-19-30)42(39,40)36(29-16-14-25(2)15-17-29)24-32(37)35(23-22-27-10-6-5-7-11-27)26(3)33(38)34-28-12-8-9-13-28/h5-7,10-11,14-21,26,28H,4,8-9,12-13,22-24H2,1-3H3,(H,34,38)/t26-/m0/s1. The molecule has 0 heterocycles. The van der Waals surface area contributed by atoms with Gasteiger partial charge in [-0.1, -0.05) is 60.9 Å². The summed E-state index contributed by atoms with van der Waals surface area (Å²) in [7, 11) is -4.13. The largest absolute Gasteiger partial charge is 0.494 e. The molecule has 2 amide bonds. The molecule has 0 radical (unpaired) electrons. The average Bonchev–Trinajstić information content (AvgIpc) is 3.50. The average molecular weight is 592 g/mol. The molecule has 4 rings (SSSR count). The van der Waals surface area contributed by atoms with Gasteiger partial charge in [0.05, 0.1) is 17.2 Å². The predicted octanol–water partition coefficient (Wildman–Crippen LogP) is 5.11. The summed E-state index contributed by atoms with van der Waals surface area (Å²) in [6, 6.07) is 22.3. The summed E-state index contributed by atoms with van der Waals surface area (Å²) in [5.41, 5.74) is 2.36. The van der Waals surface area contributed by atoms with Crippen molar-refractivity contribution < 1.29 is 22.7 Å². The molecular weight excluding hydrogens is 550 g/mol. The number of sulfonamides is 1. The van der Waals surface area contributed by atoms with Crippen LogP contribution in [0.15, 0.2) is 83.8 Å². The summed E-state index contributed by atoms with van der Waals surface area (Å²) in [6.07, 6.45) is 4.54. The second kappa shape index (κ2) is 14.4. The zero-order valence-electron chi connectivity index (χ0n) is 24.7. The topological polar surface area (TPSA) is 96.0 Å². The third-order valence-corrected chi connectivity index (χ3v) is 9.46. The van der Waals surface area contributed by atoms with Gasteiger partial charge in [-0.05, 0) is 82.0 Å². The van der Waals surface area contributed by atoms with Gasteiger partial charge in [0.1, 0.15) is 18.3 Å². The Morgan fingerprint density at radius 1 is 0.952 bits per heavy atom. The molecule has 8 nitrogen and oxygen atoms in total. The van der Waals surface area contributed by atoms with E-state index in [1.807, 2.05) is 56.3 Å². The molecule has 3 aromatic rings. The summed E-state index contributed by atoms with van der Waals surface area (Å²) >= 11 is 0. The van der Waals surface area contributed by atoms with Crippen molar-refractivity contribution in [2.75, 3.05) is 24.0 Å². The Bertz CT molecular complexity index is 1420. The molecule has 9 heteroatoms. The summed E-state index contributed by atoms with van der Waals surface area (Å²) in [4.78, 5) is 28.9. The normalized spacial score (nSPS) is 14.3. The molecule has 0 unspecified atom stereocenters. The Hall–Kier alpha value is -3.85. The molecule has 0 bridgehead atoms. The van der Waals surface area contributed by atoms with E-state index < -0.39 is 28.5 Å². The van der Waals surface area contributed by atoms with Gasteiger partial charge >= 0.3 is 0 Å². The minimum absolute atomic E-state index is 0.0437. The van der Waals surface area contributed by atoms with Crippen molar-refractivity contribution >= 4 is 27.5 Å².